The Bertz CT molecular complexity index is 1210. The third kappa shape index (κ3) is 5.10. The van der Waals surface area contributed by atoms with Gasteiger partial charge in [0.2, 0.25) is 0 Å². The number of aliphatic hydroxyl groups excluding tert-OH is 1. The number of aromatic nitrogens is 3. The highest BCUT2D eigenvalue weighted by atomic mass is 16.3. The van der Waals surface area contributed by atoms with Crippen molar-refractivity contribution in [2.24, 2.45) is 11.1 Å². The number of nitrogens with two attached hydrogens (primary N) is 1. The van der Waals surface area contributed by atoms with Gasteiger partial charge in [0.15, 0.2) is 0 Å². The van der Waals surface area contributed by atoms with E-state index in [1.807, 2.05) is 42.7 Å². The number of pyridine rings is 1. The Morgan fingerprint density at radius 2 is 1.91 bits per heavy atom. The number of benzene rings is 1. The topological polar surface area (TPSA) is 106 Å². The average Bonchev–Trinajstić information content (AvgIpc) is 3.17. The Labute approximate surface area is 206 Å². The van der Waals surface area contributed by atoms with Crippen LogP contribution in [0.25, 0.3) is 5.69 Å². The highest BCUT2D eigenvalue weighted by molar-refractivity contribution is 5.99. The zero-order valence-corrected chi connectivity index (χ0v) is 20.6. The van der Waals surface area contributed by atoms with Crippen LogP contribution in [-0.4, -0.2) is 37.9 Å². The van der Waals surface area contributed by atoms with Crippen molar-refractivity contribution in [3.05, 3.63) is 70.8 Å². The minimum Gasteiger partial charge on any atom is -0.393 e. The molecule has 0 unspecified atom stereocenters. The second-order valence-electron chi connectivity index (χ2n) is 10.9. The predicted octanol–water partition coefficient (Wildman–Crippen LogP) is 4.19. The fraction of sp³-hybridized carbons (Fsp3) is 0.464. The van der Waals surface area contributed by atoms with E-state index >= 15 is 0 Å². The lowest BCUT2D eigenvalue weighted by Crippen LogP contribution is -2.29. The van der Waals surface area contributed by atoms with Crippen molar-refractivity contribution in [3.8, 4) is 5.69 Å². The first-order valence-electron chi connectivity index (χ1n) is 12.7. The van der Waals surface area contributed by atoms with Gasteiger partial charge in [-0.3, -0.25) is 9.78 Å². The van der Waals surface area contributed by atoms with Crippen LogP contribution >= 0.6 is 0 Å². The van der Waals surface area contributed by atoms with Crippen molar-refractivity contribution >= 4 is 11.6 Å². The number of anilines is 1. The molecule has 3 aromatic rings. The Kier molecular flexibility index (Phi) is 6.36. The minimum absolute atomic E-state index is 0.204. The molecule has 35 heavy (non-hydrogen) atoms. The van der Waals surface area contributed by atoms with Crippen LogP contribution in [0.1, 0.15) is 78.8 Å². The van der Waals surface area contributed by atoms with Crippen LogP contribution in [0.4, 0.5) is 5.69 Å². The molecule has 2 aromatic heterocycles. The molecule has 2 aliphatic rings. The van der Waals surface area contributed by atoms with E-state index in [-0.39, 0.29) is 17.6 Å². The minimum atomic E-state index is -0.447. The maximum atomic E-state index is 12.2. The first-order valence-corrected chi connectivity index (χ1v) is 12.7. The van der Waals surface area contributed by atoms with Crippen molar-refractivity contribution in [1.82, 2.24) is 14.8 Å². The van der Waals surface area contributed by atoms with Crippen LogP contribution in [0.3, 0.4) is 0 Å². The van der Waals surface area contributed by atoms with E-state index in [0.29, 0.717) is 5.56 Å². The predicted molar refractivity (Wildman–Crippen MR) is 137 cm³/mol. The number of aliphatic hydroxyl groups is 1. The van der Waals surface area contributed by atoms with E-state index < -0.39 is 5.91 Å². The monoisotopic (exact) mass is 473 g/mol. The van der Waals surface area contributed by atoms with E-state index in [4.69, 9.17) is 10.8 Å². The molecule has 0 saturated heterocycles. The summed E-state index contributed by atoms with van der Waals surface area (Å²) in [7, 11) is 0. The Morgan fingerprint density at radius 1 is 1.17 bits per heavy atom. The second kappa shape index (κ2) is 9.46. The van der Waals surface area contributed by atoms with Gasteiger partial charge in [0.1, 0.15) is 0 Å². The molecule has 1 saturated carbocycles. The number of fused-ring (bicyclic) bond motifs is 1. The van der Waals surface area contributed by atoms with Crippen LogP contribution in [0.15, 0.2) is 42.7 Å². The molecule has 0 aliphatic heterocycles. The summed E-state index contributed by atoms with van der Waals surface area (Å²) in [5.74, 6) is -0.447. The van der Waals surface area contributed by atoms with Crippen molar-refractivity contribution in [2.45, 2.75) is 77.4 Å². The first-order chi connectivity index (χ1) is 16.8. The van der Waals surface area contributed by atoms with Gasteiger partial charge < -0.3 is 16.2 Å². The van der Waals surface area contributed by atoms with Crippen LogP contribution in [0.5, 0.6) is 0 Å². The largest absolute Gasteiger partial charge is 0.393 e. The molecule has 0 spiro atoms. The molecule has 2 aliphatic carbocycles. The Hall–Kier alpha value is -3.19. The fourth-order valence-electron chi connectivity index (χ4n) is 5.50. The molecule has 5 rings (SSSR count). The lowest BCUT2D eigenvalue weighted by atomic mass is 9.76. The van der Waals surface area contributed by atoms with E-state index in [9.17, 15) is 9.90 Å². The van der Waals surface area contributed by atoms with Crippen LogP contribution in [0, 0.1) is 5.41 Å². The molecule has 2 heterocycles. The molecule has 0 atom stereocenters. The van der Waals surface area contributed by atoms with Gasteiger partial charge in [-0.15, -0.1) is 0 Å². The first kappa shape index (κ1) is 23.5. The Balaban J connectivity index is 1.53. The van der Waals surface area contributed by atoms with E-state index in [1.54, 1.807) is 0 Å². The van der Waals surface area contributed by atoms with Gasteiger partial charge >= 0.3 is 0 Å². The van der Waals surface area contributed by atoms with Gasteiger partial charge in [-0.2, -0.15) is 5.10 Å². The van der Waals surface area contributed by atoms with Gasteiger partial charge in [0.05, 0.1) is 23.0 Å². The number of rotatable bonds is 6. The van der Waals surface area contributed by atoms with E-state index in [2.05, 4.69) is 28.8 Å². The summed E-state index contributed by atoms with van der Waals surface area (Å²) in [5.41, 5.74) is 13.0. The zero-order chi connectivity index (χ0) is 24.6. The van der Waals surface area contributed by atoms with Gasteiger partial charge in [0, 0.05) is 36.2 Å². The summed E-state index contributed by atoms with van der Waals surface area (Å²) >= 11 is 0. The maximum absolute atomic E-state index is 12.2. The zero-order valence-electron chi connectivity index (χ0n) is 20.6. The summed E-state index contributed by atoms with van der Waals surface area (Å²) in [6.45, 7) is 4.63. The Morgan fingerprint density at radius 3 is 2.63 bits per heavy atom. The smallest absolute Gasteiger partial charge is 0.250 e. The summed E-state index contributed by atoms with van der Waals surface area (Å²) in [6.07, 6.45) is 10.6. The molecule has 4 N–H and O–H groups in total. The van der Waals surface area contributed by atoms with Gasteiger partial charge in [-0.05, 0) is 91.8 Å². The molecular weight excluding hydrogens is 438 g/mol. The lowest BCUT2D eigenvalue weighted by Gasteiger charge is -2.30. The van der Waals surface area contributed by atoms with Crippen LogP contribution < -0.4 is 11.1 Å². The highest BCUT2D eigenvalue weighted by Crippen LogP contribution is 2.38. The molecule has 7 heteroatoms. The highest BCUT2D eigenvalue weighted by Gasteiger charge is 2.31. The van der Waals surface area contributed by atoms with E-state index in [1.165, 1.54) is 16.8 Å². The molecule has 0 radical (unpaired) electrons. The van der Waals surface area contributed by atoms with Crippen LogP contribution in [-0.2, 0) is 19.3 Å². The van der Waals surface area contributed by atoms with E-state index in [0.717, 1.165) is 68.4 Å². The van der Waals surface area contributed by atoms with Crippen LogP contribution in [0.2, 0.25) is 0 Å². The molecule has 184 valence electrons. The summed E-state index contributed by atoms with van der Waals surface area (Å²) in [6, 6.07) is 10.1. The normalized spacial score (nSPS) is 21.3. The lowest BCUT2D eigenvalue weighted by molar-refractivity contribution is 0.100. The summed E-state index contributed by atoms with van der Waals surface area (Å²) in [4.78, 5) is 16.3. The molecule has 0 bridgehead atoms. The van der Waals surface area contributed by atoms with Gasteiger partial charge in [-0.25, -0.2) is 4.68 Å². The molecular formula is C28H35N5O2. The number of carbonyl (C=O) groups is 1. The SMILES string of the molecule is CC1(C)CCc2c(Cc3ccncc3)nn(-c3ccc(C(N)=O)c(N[C@H]4CC[C@H](O)CC4)c3)c2C1. The summed E-state index contributed by atoms with van der Waals surface area (Å²) in [5, 5.41) is 18.5. The number of hydrogen-bond donors (Lipinski definition) is 3. The van der Waals surface area contributed by atoms with Crippen molar-refractivity contribution in [1.29, 1.82) is 0 Å². The summed E-state index contributed by atoms with van der Waals surface area (Å²) < 4.78 is 2.08. The number of nitrogens with one attached hydrogen (secondary N) is 1. The maximum Gasteiger partial charge on any atom is 0.250 e. The number of primary amides is 1. The fourth-order valence-corrected chi connectivity index (χ4v) is 5.50. The van der Waals surface area contributed by atoms with Crippen molar-refractivity contribution < 1.29 is 9.90 Å². The average molecular weight is 474 g/mol. The number of carbonyl (C=O) groups excluding carboxylic acids is 1. The molecule has 1 aromatic carbocycles. The molecule has 1 fully saturated rings. The number of amides is 1. The third-order valence-corrected chi connectivity index (χ3v) is 7.56. The molecule has 1 amide bonds. The number of nitrogens with zero attached hydrogens (tertiary/aromatic N) is 3. The van der Waals surface area contributed by atoms with Crippen molar-refractivity contribution in [3.63, 3.8) is 0 Å². The third-order valence-electron chi connectivity index (χ3n) is 7.56. The second-order valence-corrected chi connectivity index (χ2v) is 10.9. The molecule has 7 nitrogen and oxygen atoms in total. The van der Waals surface area contributed by atoms with Crippen molar-refractivity contribution in [2.75, 3.05) is 5.32 Å². The number of hydrogen-bond acceptors (Lipinski definition) is 5. The standard InChI is InChI=1S/C28H35N5O2/c1-28(2)12-9-22-25(15-18-10-13-30-14-11-18)32-33(26(22)17-28)20-5-8-23(27(29)35)24(16-20)31-19-3-6-21(34)7-4-19/h5,8,10-11,13-14,16,19,21,31,34H,3-4,6-7,9,12,15,17H2,1-2H3,(H2,29,35)/t19-,21-. The van der Waals surface area contributed by atoms with Gasteiger partial charge in [-0.1, -0.05) is 13.8 Å². The van der Waals surface area contributed by atoms with Gasteiger partial charge in [0.25, 0.3) is 5.91 Å². The quantitative estimate of drug-likeness (QED) is 0.498.